The lowest BCUT2D eigenvalue weighted by atomic mass is 10.2. The number of thiocarbonyl (C=S) groups is 1. The largest absolute Gasteiger partial charge is 0.389 e. The Hall–Kier alpha value is -1.18. The molecule has 106 valence electrons. The van der Waals surface area contributed by atoms with E-state index in [4.69, 9.17) is 18.0 Å². The molecule has 0 unspecified atom stereocenters. The molecule has 0 radical (unpaired) electrons. The topological polar surface area (TPSA) is 66.6 Å². The highest BCUT2D eigenvalue weighted by Crippen LogP contribution is 2.23. The summed E-state index contributed by atoms with van der Waals surface area (Å²) in [7, 11) is -0.563. The van der Waals surface area contributed by atoms with E-state index in [9.17, 15) is 8.42 Å². The average Bonchev–Trinajstić information content (AvgIpc) is 2.36. The Morgan fingerprint density at radius 2 is 1.79 bits per heavy atom. The fraction of sp³-hybridized carbons (Fsp3) is 0.417. The minimum atomic E-state index is -3.60. The fourth-order valence-electron chi connectivity index (χ4n) is 1.54. The Labute approximate surface area is 120 Å². The maximum Gasteiger partial charge on any atom is 0.303 e. The van der Waals surface area contributed by atoms with Gasteiger partial charge in [-0.15, -0.1) is 0 Å². The van der Waals surface area contributed by atoms with Crippen LogP contribution in [-0.4, -0.2) is 37.8 Å². The first-order valence-corrected chi connectivity index (χ1v) is 7.60. The average molecular weight is 301 g/mol. The molecule has 0 heterocycles. The Morgan fingerprint density at radius 1 is 1.26 bits per heavy atom. The van der Waals surface area contributed by atoms with Gasteiger partial charge in [-0.1, -0.05) is 24.4 Å². The normalized spacial score (nSPS) is 11.9. The molecule has 1 aromatic carbocycles. The van der Waals surface area contributed by atoms with Crippen molar-refractivity contribution >= 4 is 33.1 Å². The zero-order valence-corrected chi connectivity index (χ0v) is 13.1. The van der Waals surface area contributed by atoms with Gasteiger partial charge < -0.3 is 5.73 Å². The summed E-state index contributed by atoms with van der Waals surface area (Å²) in [6.45, 7) is 3.62. The Balaban J connectivity index is 3.28. The molecule has 0 saturated carbocycles. The van der Waals surface area contributed by atoms with E-state index in [1.54, 1.807) is 31.3 Å². The molecule has 5 nitrogen and oxygen atoms in total. The van der Waals surface area contributed by atoms with Crippen LogP contribution in [0.4, 0.5) is 5.69 Å². The molecule has 0 spiro atoms. The van der Waals surface area contributed by atoms with E-state index in [1.165, 1.54) is 15.7 Å². The summed E-state index contributed by atoms with van der Waals surface area (Å²) in [6.07, 6.45) is 0. The molecule has 1 aromatic rings. The van der Waals surface area contributed by atoms with Crippen LogP contribution in [-0.2, 0) is 10.2 Å². The van der Waals surface area contributed by atoms with E-state index < -0.39 is 10.2 Å². The first kappa shape index (κ1) is 15.9. The number of nitrogens with two attached hydrogens (primary N) is 1. The third-order valence-corrected chi connectivity index (χ3v) is 5.20. The molecular weight excluding hydrogens is 282 g/mol. The maximum atomic E-state index is 12.4. The van der Waals surface area contributed by atoms with Crippen LogP contribution >= 0.6 is 12.2 Å². The zero-order valence-electron chi connectivity index (χ0n) is 11.5. The molecule has 7 heteroatoms. The van der Waals surface area contributed by atoms with Crippen LogP contribution in [0.1, 0.15) is 19.4 Å². The number of nitrogens with zero attached hydrogens (tertiary/aromatic N) is 2. The molecule has 2 N–H and O–H groups in total. The van der Waals surface area contributed by atoms with Gasteiger partial charge in [0, 0.05) is 25.7 Å². The van der Waals surface area contributed by atoms with Gasteiger partial charge in [0.25, 0.3) is 0 Å². The van der Waals surface area contributed by atoms with Crippen molar-refractivity contribution in [3.63, 3.8) is 0 Å². The summed E-state index contributed by atoms with van der Waals surface area (Å²) in [6, 6.07) is 6.77. The number of hydrogen-bond donors (Lipinski definition) is 1. The van der Waals surface area contributed by atoms with Crippen LogP contribution in [0.2, 0.25) is 0 Å². The SMILES string of the molecule is CC(C)N(C)S(=O)(=O)N(C)c1ccccc1C(N)=S. The first-order valence-electron chi connectivity index (χ1n) is 5.80. The van der Waals surface area contributed by atoms with Gasteiger partial charge in [0.1, 0.15) is 4.99 Å². The van der Waals surface area contributed by atoms with E-state index in [2.05, 4.69) is 0 Å². The number of benzene rings is 1. The zero-order chi connectivity index (χ0) is 14.8. The molecule has 0 bridgehead atoms. The Morgan fingerprint density at radius 3 is 2.26 bits per heavy atom. The Bertz CT molecular complexity index is 570. The number of hydrogen-bond acceptors (Lipinski definition) is 3. The van der Waals surface area contributed by atoms with Gasteiger partial charge in [-0.25, -0.2) is 0 Å². The molecule has 0 fully saturated rings. The van der Waals surface area contributed by atoms with Crippen molar-refractivity contribution in [1.82, 2.24) is 4.31 Å². The van der Waals surface area contributed by atoms with Crippen molar-refractivity contribution in [3.8, 4) is 0 Å². The predicted molar refractivity (Wildman–Crippen MR) is 82.6 cm³/mol. The lowest BCUT2D eigenvalue weighted by Gasteiger charge is -2.29. The number of rotatable bonds is 5. The second-order valence-electron chi connectivity index (χ2n) is 4.47. The third-order valence-electron chi connectivity index (χ3n) is 2.95. The minimum absolute atomic E-state index is 0.135. The Kier molecular flexibility index (Phi) is 4.89. The second kappa shape index (κ2) is 5.85. The van der Waals surface area contributed by atoms with E-state index in [0.717, 1.165) is 0 Å². The van der Waals surface area contributed by atoms with Crippen LogP contribution in [0.3, 0.4) is 0 Å². The van der Waals surface area contributed by atoms with Crippen molar-refractivity contribution < 1.29 is 8.42 Å². The van der Waals surface area contributed by atoms with E-state index in [-0.39, 0.29) is 11.0 Å². The van der Waals surface area contributed by atoms with Crippen molar-refractivity contribution in [2.45, 2.75) is 19.9 Å². The summed E-state index contributed by atoms with van der Waals surface area (Å²) >= 11 is 4.95. The van der Waals surface area contributed by atoms with Crippen molar-refractivity contribution in [2.75, 3.05) is 18.4 Å². The molecule has 19 heavy (non-hydrogen) atoms. The van der Waals surface area contributed by atoms with Crippen LogP contribution < -0.4 is 10.0 Å². The summed E-state index contributed by atoms with van der Waals surface area (Å²) in [4.78, 5) is 0.171. The van der Waals surface area contributed by atoms with Gasteiger partial charge in [-0.05, 0) is 26.0 Å². The molecule has 0 saturated heterocycles. The maximum absolute atomic E-state index is 12.4. The number of para-hydroxylation sites is 1. The lowest BCUT2D eigenvalue weighted by molar-refractivity contribution is 0.409. The van der Waals surface area contributed by atoms with Gasteiger partial charge in [0.05, 0.1) is 5.69 Å². The molecule has 0 atom stereocenters. The van der Waals surface area contributed by atoms with Crippen LogP contribution in [0.5, 0.6) is 0 Å². The summed E-state index contributed by atoms with van der Waals surface area (Å²) in [5, 5.41) is 0. The molecule has 0 aliphatic carbocycles. The highest BCUT2D eigenvalue weighted by atomic mass is 32.2. The highest BCUT2D eigenvalue weighted by Gasteiger charge is 2.27. The molecule has 0 aliphatic heterocycles. The van der Waals surface area contributed by atoms with Gasteiger partial charge in [0.2, 0.25) is 0 Å². The number of anilines is 1. The van der Waals surface area contributed by atoms with Gasteiger partial charge in [0.15, 0.2) is 0 Å². The minimum Gasteiger partial charge on any atom is -0.389 e. The quantitative estimate of drug-likeness (QED) is 0.834. The van der Waals surface area contributed by atoms with Crippen LogP contribution in [0, 0.1) is 0 Å². The molecule has 0 aliphatic rings. The second-order valence-corrected chi connectivity index (χ2v) is 6.93. The standard InChI is InChI=1S/C12H19N3O2S2/c1-9(2)14(3)19(16,17)15(4)11-8-6-5-7-10(11)12(13)18/h5-9H,1-4H3,(H2,13,18). The lowest BCUT2D eigenvalue weighted by Crippen LogP contribution is -2.43. The third kappa shape index (κ3) is 3.23. The van der Waals surface area contributed by atoms with E-state index >= 15 is 0 Å². The van der Waals surface area contributed by atoms with Gasteiger partial charge in [-0.2, -0.15) is 12.7 Å². The van der Waals surface area contributed by atoms with Crippen LogP contribution in [0.15, 0.2) is 24.3 Å². The summed E-state index contributed by atoms with van der Waals surface area (Å²) in [5.41, 5.74) is 6.64. The fourth-order valence-corrected chi connectivity index (χ4v) is 3.04. The van der Waals surface area contributed by atoms with Crippen molar-refractivity contribution in [1.29, 1.82) is 0 Å². The molecule has 1 rings (SSSR count). The monoisotopic (exact) mass is 301 g/mol. The van der Waals surface area contributed by atoms with Gasteiger partial charge in [-0.3, -0.25) is 4.31 Å². The molecular formula is C12H19N3O2S2. The predicted octanol–water partition coefficient (Wildman–Crippen LogP) is 1.34. The smallest absolute Gasteiger partial charge is 0.303 e. The van der Waals surface area contributed by atoms with E-state index in [1.807, 2.05) is 13.8 Å². The first-order chi connectivity index (χ1) is 8.69. The van der Waals surface area contributed by atoms with Crippen LogP contribution in [0.25, 0.3) is 0 Å². The van der Waals surface area contributed by atoms with E-state index in [0.29, 0.717) is 11.3 Å². The van der Waals surface area contributed by atoms with Crippen molar-refractivity contribution in [2.24, 2.45) is 5.73 Å². The molecule has 0 aromatic heterocycles. The van der Waals surface area contributed by atoms with Crippen molar-refractivity contribution in [3.05, 3.63) is 29.8 Å². The molecule has 0 amide bonds. The highest BCUT2D eigenvalue weighted by molar-refractivity contribution is 7.90. The summed E-state index contributed by atoms with van der Waals surface area (Å²) in [5.74, 6) is 0. The summed E-state index contributed by atoms with van der Waals surface area (Å²) < 4.78 is 27.3. The van der Waals surface area contributed by atoms with Gasteiger partial charge >= 0.3 is 10.2 Å².